The maximum Gasteiger partial charge on any atom is 0.247 e. The predicted octanol–water partition coefficient (Wildman–Crippen LogP) is 4.80. The van der Waals surface area contributed by atoms with Gasteiger partial charge in [0.2, 0.25) is 5.91 Å². The molecule has 0 unspecified atom stereocenters. The lowest BCUT2D eigenvalue weighted by atomic mass is 10.2. The molecule has 136 valence electrons. The molecule has 0 spiro atoms. The molecule has 0 radical (unpaired) electrons. The lowest BCUT2D eigenvalue weighted by molar-refractivity contribution is -0.117. The predicted molar refractivity (Wildman–Crippen MR) is 106 cm³/mol. The molecule has 1 amide bonds. The molecule has 10 heteroatoms. The first-order chi connectivity index (χ1) is 12.3. The second kappa shape index (κ2) is 8.00. The molecule has 0 bridgehead atoms. The molecule has 0 aliphatic carbocycles. The number of hydrogen-bond donors (Lipinski definition) is 1. The standard InChI is InChI=1S/C16H13BrCl3N5O/c1-9-11(17)5-21-25(9)8-15(26)22-16-14(20)7-24(23-16)6-10-12(18)3-2-4-13(10)19/h2-5,7H,6,8H2,1H3,(H,22,23,26). The fourth-order valence-electron chi connectivity index (χ4n) is 2.30. The topological polar surface area (TPSA) is 64.7 Å². The lowest BCUT2D eigenvalue weighted by Gasteiger charge is -2.07. The average molecular weight is 478 g/mol. The first-order valence-corrected chi connectivity index (χ1v) is 9.41. The molecule has 26 heavy (non-hydrogen) atoms. The van der Waals surface area contributed by atoms with E-state index in [4.69, 9.17) is 34.8 Å². The number of rotatable bonds is 5. The molecule has 1 N–H and O–H groups in total. The number of amides is 1. The normalized spacial score (nSPS) is 11.0. The Morgan fingerprint density at radius 2 is 1.92 bits per heavy atom. The van der Waals surface area contributed by atoms with Crippen LogP contribution in [0, 0.1) is 6.92 Å². The van der Waals surface area contributed by atoms with Gasteiger partial charge in [-0.3, -0.25) is 14.2 Å². The van der Waals surface area contributed by atoms with E-state index in [1.54, 1.807) is 40.0 Å². The molecule has 1 aromatic carbocycles. The summed E-state index contributed by atoms with van der Waals surface area (Å²) in [5.74, 6) is -0.0182. The molecule has 0 saturated carbocycles. The Morgan fingerprint density at radius 3 is 2.54 bits per heavy atom. The van der Waals surface area contributed by atoms with Gasteiger partial charge in [0.1, 0.15) is 11.6 Å². The highest BCUT2D eigenvalue weighted by molar-refractivity contribution is 9.10. The third kappa shape index (κ3) is 4.23. The summed E-state index contributed by atoms with van der Waals surface area (Å²) < 4.78 is 3.98. The monoisotopic (exact) mass is 475 g/mol. The van der Waals surface area contributed by atoms with Crippen molar-refractivity contribution in [2.24, 2.45) is 0 Å². The van der Waals surface area contributed by atoms with Gasteiger partial charge in [-0.25, -0.2) is 0 Å². The first kappa shape index (κ1) is 19.2. The second-order valence-corrected chi connectivity index (χ2v) is 7.58. The van der Waals surface area contributed by atoms with Crippen LogP contribution in [0.15, 0.2) is 35.1 Å². The van der Waals surface area contributed by atoms with Crippen molar-refractivity contribution in [3.05, 3.63) is 61.4 Å². The first-order valence-electron chi connectivity index (χ1n) is 7.48. The summed E-state index contributed by atoms with van der Waals surface area (Å²) in [6.45, 7) is 2.25. The minimum Gasteiger partial charge on any atom is -0.306 e. The maximum absolute atomic E-state index is 12.2. The van der Waals surface area contributed by atoms with Crippen molar-refractivity contribution in [1.82, 2.24) is 19.6 Å². The molecule has 0 aliphatic heterocycles. The fraction of sp³-hybridized carbons (Fsp3) is 0.188. The van der Waals surface area contributed by atoms with E-state index in [2.05, 4.69) is 31.4 Å². The van der Waals surface area contributed by atoms with Crippen molar-refractivity contribution in [1.29, 1.82) is 0 Å². The molecule has 0 aliphatic rings. The van der Waals surface area contributed by atoms with Crippen molar-refractivity contribution in [3.8, 4) is 0 Å². The second-order valence-electron chi connectivity index (χ2n) is 5.51. The maximum atomic E-state index is 12.2. The number of carbonyl (C=O) groups excluding carboxylic acids is 1. The van der Waals surface area contributed by atoms with Crippen LogP contribution in [-0.2, 0) is 17.9 Å². The van der Waals surface area contributed by atoms with E-state index in [1.165, 1.54) is 0 Å². The molecule has 2 aromatic heterocycles. The summed E-state index contributed by atoms with van der Waals surface area (Å²) in [5.41, 5.74) is 1.58. The van der Waals surface area contributed by atoms with Gasteiger partial charge in [0.25, 0.3) is 0 Å². The highest BCUT2D eigenvalue weighted by Crippen LogP contribution is 2.27. The number of anilines is 1. The zero-order valence-electron chi connectivity index (χ0n) is 13.5. The van der Waals surface area contributed by atoms with Crippen LogP contribution in [0.5, 0.6) is 0 Å². The lowest BCUT2D eigenvalue weighted by Crippen LogP contribution is -2.20. The van der Waals surface area contributed by atoms with Gasteiger partial charge in [0.05, 0.1) is 22.9 Å². The van der Waals surface area contributed by atoms with Gasteiger partial charge in [0.15, 0.2) is 5.82 Å². The van der Waals surface area contributed by atoms with Crippen LogP contribution in [0.3, 0.4) is 0 Å². The van der Waals surface area contributed by atoms with Gasteiger partial charge in [-0.05, 0) is 35.0 Å². The largest absolute Gasteiger partial charge is 0.306 e. The SMILES string of the molecule is Cc1c(Br)cnn1CC(=O)Nc1nn(Cc2c(Cl)cccc2Cl)cc1Cl. The van der Waals surface area contributed by atoms with Gasteiger partial charge < -0.3 is 5.32 Å². The average Bonchev–Trinajstić information content (AvgIpc) is 3.08. The Labute approximate surface area is 173 Å². The minimum absolute atomic E-state index is 0.0525. The fourth-order valence-corrected chi connectivity index (χ4v) is 3.31. The molecule has 3 rings (SSSR count). The van der Waals surface area contributed by atoms with Gasteiger partial charge in [-0.15, -0.1) is 0 Å². The molecule has 3 aromatic rings. The van der Waals surface area contributed by atoms with Crippen molar-refractivity contribution in [2.45, 2.75) is 20.0 Å². The molecule has 0 atom stereocenters. The number of nitrogens with one attached hydrogen (secondary N) is 1. The number of aromatic nitrogens is 4. The van der Waals surface area contributed by atoms with Gasteiger partial charge in [0, 0.05) is 21.8 Å². The van der Waals surface area contributed by atoms with E-state index in [0.717, 1.165) is 15.7 Å². The number of carbonyl (C=O) groups is 1. The zero-order chi connectivity index (χ0) is 18.8. The Bertz CT molecular complexity index is 949. The van der Waals surface area contributed by atoms with Gasteiger partial charge in [-0.2, -0.15) is 10.2 Å². The smallest absolute Gasteiger partial charge is 0.247 e. The Morgan fingerprint density at radius 1 is 1.23 bits per heavy atom. The number of nitrogens with zero attached hydrogens (tertiary/aromatic N) is 4. The van der Waals surface area contributed by atoms with E-state index >= 15 is 0 Å². The zero-order valence-corrected chi connectivity index (χ0v) is 17.4. The molecule has 0 saturated heterocycles. The third-order valence-electron chi connectivity index (χ3n) is 3.69. The van der Waals surface area contributed by atoms with Crippen LogP contribution in [0.4, 0.5) is 5.82 Å². The number of hydrogen-bond acceptors (Lipinski definition) is 3. The van der Waals surface area contributed by atoms with Crippen LogP contribution < -0.4 is 5.32 Å². The molecule has 2 heterocycles. The molecule has 6 nitrogen and oxygen atoms in total. The van der Waals surface area contributed by atoms with Crippen LogP contribution in [0.2, 0.25) is 15.1 Å². The van der Waals surface area contributed by atoms with Gasteiger partial charge in [-0.1, -0.05) is 40.9 Å². The number of benzene rings is 1. The van der Waals surface area contributed by atoms with Crippen molar-refractivity contribution in [2.75, 3.05) is 5.32 Å². The Balaban J connectivity index is 1.72. The van der Waals surface area contributed by atoms with Crippen LogP contribution in [0.25, 0.3) is 0 Å². The summed E-state index contributed by atoms with van der Waals surface area (Å²) in [6, 6.07) is 5.27. The van der Waals surface area contributed by atoms with E-state index in [9.17, 15) is 4.79 Å². The summed E-state index contributed by atoms with van der Waals surface area (Å²) in [6.07, 6.45) is 3.24. The number of halogens is 4. The van der Waals surface area contributed by atoms with Crippen molar-refractivity contribution in [3.63, 3.8) is 0 Å². The molecular formula is C16H13BrCl3N5O. The summed E-state index contributed by atoms with van der Waals surface area (Å²) in [7, 11) is 0. The third-order valence-corrected chi connectivity index (χ3v) is 5.46. The minimum atomic E-state index is -0.286. The Kier molecular flexibility index (Phi) is 5.92. The summed E-state index contributed by atoms with van der Waals surface area (Å²) >= 11 is 21.9. The summed E-state index contributed by atoms with van der Waals surface area (Å²) in [5, 5.41) is 12.5. The van der Waals surface area contributed by atoms with Crippen LogP contribution in [0.1, 0.15) is 11.3 Å². The van der Waals surface area contributed by atoms with Crippen LogP contribution in [-0.4, -0.2) is 25.5 Å². The van der Waals surface area contributed by atoms with Crippen molar-refractivity contribution < 1.29 is 4.79 Å². The molecular weight excluding hydrogens is 464 g/mol. The Hall–Kier alpha value is -1.54. The highest BCUT2D eigenvalue weighted by Gasteiger charge is 2.14. The van der Waals surface area contributed by atoms with E-state index < -0.39 is 0 Å². The van der Waals surface area contributed by atoms with E-state index in [1.807, 2.05) is 6.92 Å². The van der Waals surface area contributed by atoms with Crippen molar-refractivity contribution >= 4 is 62.5 Å². The van der Waals surface area contributed by atoms with Crippen LogP contribution >= 0.6 is 50.7 Å². The van der Waals surface area contributed by atoms with E-state index in [0.29, 0.717) is 21.6 Å². The summed E-state index contributed by atoms with van der Waals surface area (Å²) in [4.78, 5) is 12.2. The van der Waals surface area contributed by atoms with E-state index in [-0.39, 0.29) is 18.3 Å². The quantitative estimate of drug-likeness (QED) is 0.574. The highest BCUT2D eigenvalue weighted by atomic mass is 79.9. The van der Waals surface area contributed by atoms with Gasteiger partial charge >= 0.3 is 0 Å². The molecule has 0 fully saturated rings.